The van der Waals surface area contributed by atoms with E-state index in [0.29, 0.717) is 54.1 Å². The number of hydrogen-bond acceptors (Lipinski definition) is 8. The Morgan fingerprint density at radius 3 is 2.34 bits per heavy atom. The van der Waals surface area contributed by atoms with Crippen molar-refractivity contribution in [2.45, 2.75) is 46.3 Å². The SMILES string of the molecule is CC(=O)N1CCN(C(=O)CC2=CSC3=NC(C)=C(C(=O)OC(C)C)[C@@H](c4cccc(Oc5ccccc5)c4)N23)CC1. The molecule has 3 heterocycles. The maximum Gasteiger partial charge on any atom is 0.338 e. The molecule has 1 fully saturated rings. The Balaban J connectivity index is 1.45. The van der Waals surface area contributed by atoms with E-state index in [1.165, 1.54) is 11.8 Å². The highest BCUT2D eigenvalue weighted by molar-refractivity contribution is 8.16. The molecule has 9 nitrogen and oxygen atoms in total. The lowest BCUT2D eigenvalue weighted by Crippen LogP contribution is -2.50. The molecule has 2 amide bonds. The van der Waals surface area contributed by atoms with Crippen molar-refractivity contribution in [2.75, 3.05) is 26.2 Å². The molecule has 0 unspecified atom stereocenters. The Kier molecular flexibility index (Phi) is 8.49. The summed E-state index contributed by atoms with van der Waals surface area (Å²) in [5.74, 6) is 0.880. The minimum Gasteiger partial charge on any atom is -0.459 e. The number of para-hydroxylation sites is 1. The van der Waals surface area contributed by atoms with Gasteiger partial charge in [-0.2, -0.15) is 0 Å². The summed E-state index contributed by atoms with van der Waals surface area (Å²) in [6, 6.07) is 16.6. The van der Waals surface area contributed by atoms with E-state index >= 15 is 0 Å². The zero-order valence-corrected chi connectivity index (χ0v) is 24.5. The van der Waals surface area contributed by atoms with Crippen LogP contribution in [0.5, 0.6) is 11.5 Å². The molecule has 1 atom stereocenters. The molecule has 41 heavy (non-hydrogen) atoms. The van der Waals surface area contributed by atoms with Crippen molar-refractivity contribution >= 4 is 34.7 Å². The van der Waals surface area contributed by atoms with Crippen LogP contribution in [0.1, 0.15) is 45.7 Å². The van der Waals surface area contributed by atoms with Crippen LogP contribution in [-0.2, 0) is 19.1 Å². The quantitative estimate of drug-likeness (QED) is 0.426. The first kappa shape index (κ1) is 28.5. The fraction of sp³-hybridized carbons (Fsp3) is 0.355. The number of carbonyl (C=O) groups is 3. The normalized spacial score (nSPS) is 18.7. The molecule has 5 rings (SSSR count). The Bertz CT molecular complexity index is 1430. The Morgan fingerprint density at radius 1 is 0.976 bits per heavy atom. The molecule has 0 radical (unpaired) electrons. The van der Waals surface area contributed by atoms with Crippen molar-refractivity contribution in [1.29, 1.82) is 0 Å². The molecular formula is C31H34N4O5S. The number of piperazine rings is 1. The zero-order chi connectivity index (χ0) is 29.1. The Morgan fingerprint density at radius 2 is 1.66 bits per heavy atom. The number of ether oxygens (including phenoxy) is 2. The van der Waals surface area contributed by atoms with Gasteiger partial charge in [0.2, 0.25) is 11.8 Å². The second-order valence-electron chi connectivity index (χ2n) is 10.4. The first-order chi connectivity index (χ1) is 19.7. The monoisotopic (exact) mass is 574 g/mol. The summed E-state index contributed by atoms with van der Waals surface area (Å²) < 4.78 is 11.8. The maximum atomic E-state index is 13.5. The first-order valence-corrected chi connectivity index (χ1v) is 14.6. The lowest BCUT2D eigenvalue weighted by Gasteiger charge is -2.38. The molecule has 2 aromatic carbocycles. The Hall–Kier alpha value is -4.05. The van der Waals surface area contributed by atoms with Crippen LogP contribution in [0, 0.1) is 0 Å². The second-order valence-corrected chi connectivity index (χ2v) is 11.2. The van der Waals surface area contributed by atoms with Crippen molar-refractivity contribution < 1.29 is 23.9 Å². The average molecular weight is 575 g/mol. The number of aliphatic imine (C=N–C) groups is 1. The van der Waals surface area contributed by atoms with E-state index in [1.807, 2.05) is 85.7 Å². The van der Waals surface area contributed by atoms with Crippen LogP contribution >= 0.6 is 11.8 Å². The number of amidine groups is 1. The van der Waals surface area contributed by atoms with Crippen molar-refractivity contribution in [3.05, 3.63) is 82.5 Å². The third-order valence-electron chi connectivity index (χ3n) is 7.13. The summed E-state index contributed by atoms with van der Waals surface area (Å²) in [4.78, 5) is 48.9. The van der Waals surface area contributed by atoms with Gasteiger partial charge in [-0.3, -0.25) is 9.59 Å². The summed E-state index contributed by atoms with van der Waals surface area (Å²) in [5.41, 5.74) is 2.58. The highest BCUT2D eigenvalue weighted by Crippen LogP contribution is 2.45. The fourth-order valence-corrected chi connectivity index (χ4v) is 6.10. The average Bonchev–Trinajstić information content (AvgIpc) is 3.34. The van der Waals surface area contributed by atoms with Gasteiger partial charge in [-0.15, -0.1) is 0 Å². The minimum atomic E-state index is -0.559. The number of hydrogen-bond donors (Lipinski definition) is 0. The van der Waals surface area contributed by atoms with Gasteiger partial charge in [0.05, 0.1) is 29.8 Å². The molecule has 10 heteroatoms. The fourth-order valence-electron chi connectivity index (χ4n) is 5.13. The van der Waals surface area contributed by atoms with Gasteiger partial charge >= 0.3 is 5.97 Å². The smallest absolute Gasteiger partial charge is 0.338 e. The van der Waals surface area contributed by atoms with Crippen LogP contribution in [0.3, 0.4) is 0 Å². The predicted octanol–water partition coefficient (Wildman–Crippen LogP) is 5.09. The predicted molar refractivity (Wildman–Crippen MR) is 158 cm³/mol. The molecule has 3 aliphatic heterocycles. The number of benzene rings is 2. The number of allylic oxidation sites excluding steroid dienone is 1. The van der Waals surface area contributed by atoms with Gasteiger partial charge in [-0.1, -0.05) is 42.1 Å². The number of esters is 1. The number of rotatable bonds is 7. The van der Waals surface area contributed by atoms with Gasteiger partial charge in [0.1, 0.15) is 11.5 Å². The third-order valence-corrected chi connectivity index (χ3v) is 8.01. The summed E-state index contributed by atoms with van der Waals surface area (Å²) in [7, 11) is 0. The molecule has 0 bridgehead atoms. The molecule has 0 spiro atoms. The van der Waals surface area contributed by atoms with Gasteiger partial charge in [0.25, 0.3) is 0 Å². The van der Waals surface area contributed by atoms with Crippen molar-refractivity contribution in [3.63, 3.8) is 0 Å². The van der Waals surface area contributed by atoms with E-state index in [4.69, 9.17) is 14.5 Å². The van der Waals surface area contributed by atoms with E-state index in [-0.39, 0.29) is 24.3 Å². The second kappa shape index (κ2) is 12.2. The van der Waals surface area contributed by atoms with E-state index in [9.17, 15) is 14.4 Å². The number of thioether (sulfide) groups is 1. The summed E-state index contributed by atoms with van der Waals surface area (Å²) in [6.07, 6.45) is -0.159. The summed E-state index contributed by atoms with van der Waals surface area (Å²) in [5, 5.41) is 2.64. The van der Waals surface area contributed by atoms with Gasteiger partial charge in [0.15, 0.2) is 5.17 Å². The molecule has 0 saturated carbocycles. The van der Waals surface area contributed by atoms with Crippen LogP contribution in [0.25, 0.3) is 0 Å². The largest absolute Gasteiger partial charge is 0.459 e. The van der Waals surface area contributed by atoms with Crippen LogP contribution in [0.15, 0.2) is 82.0 Å². The highest BCUT2D eigenvalue weighted by atomic mass is 32.2. The number of carbonyl (C=O) groups excluding carboxylic acids is 3. The van der Waals surface area contributed by atoms with Gasteiger partial charge in [-0.05, 0) is 56.0 Å². The number of amides is 2. The first-order valence-electron chi connectivity index (χ1n) is 13.7. The van der Waals surface area contributed by atoms with Gasteiger partial charge in [0, 0.05) is 38.8 Å². The molecule has 0 N–H and O–H groups in total. The van der Waals surface area contributed by atoms with Crippen LogP contribution in [-0.4, -0.2) is 69.9 Å². The molecule has 0 aliphatic carbocycles. The van der Waals surface area contributed by atoms with Crippen molar-refractivity contribution in [2.24, 2.45) is 4.99 Å². The van der Waals surface area contributed by atoms with E-state index < -0.39 is 12.0 Å². The van der Waals surface area contributed by atoms with Crippen LogP contribution in [0.2, 0.25) is 0 Å². The van der Waals surface area contributed by atoms with Gasteiger partial charge in [-0.25, -0.2) is 9.79 Å². The molecule has 1 saturated heterocycles. The number of fused-ring (bicyclic) bond motifs is 1. The van der Waals surface area contributed by atoms with E-state index in [1.54, 1.807) is 16.7 Å². The van der Waals surface area contributed by atoms with Crippen molar-refractivity contribution in [3.8, 4) is 11.5 Å². The third kappa shape index (κ3) is 6.32. The van der Waals surface area contributed by atoms with E-state index in [0.717, 1.165) is 11.3 Å². The Labute approximate surface area is 244 Å². The van der Waals surface area contributed by atoms with Crippen LogP contribution in [0.4, 0.5) is 0 Å². The van der Waals surface area contributed by atoms with Crippen LogP contribution < -0.4 is 4.74 Å². The van der Waals surface area contributed by atoms with Gasteiger partial charge < -0.3 is 24.2 Å². The molecular weight excluding hydrogens is 540 g/mol. The lowest BCUT2D eigenvalue weighted by molar-refractivity contribution is -0.143. The number of nitrogens with zero attached hydrogens (tertiary/aromatic N) is 4. The molecule has 2 aromatic rings. The molecule has 214 valence electrons. The maximum absolute atomic E-state index is 13.5. The standard InChI is InChI=1S/C31H34N4O5S/c1-20(2)39-30(38)28-21(3)32-31-35(24(19-41-31)18-27(37)34-15-13-33(14-16-34)22(4)36)29(28)23-9-8-12-26(17-23)40-25-10-6-5-7-11-25/h5-12,17,19-20,29H,13-16,18H2,1-4H3/t29-/m1/s1. The zero-order valence-electron chi connectivity index (χ0n) is 23.7. The summed E-state index contributed by atoms with van der Waals surface area (Å²) in [6.45, 7) is 9.03. The van der Waals surface area contributed by atoms with E-state index in [2.05, 4.69) is 0 Å². The topological polar surface area (TPSA) is 91.8 Å². The highest BCUT2D eigenvalue weighted by Gasteiger charge is 2.42. The molecule has 3 aliphatic rings. The lowest BCUT2D eigenvalue weighted by atomic mass is 9.93. The minimum absolute atomic E-state index is 0.0189. The van der Waals surface area contributed by atoms with Crippen molar-refractivity contribution in [1.82, 2.24) is 14.7 Å². The summed E-state index contributed by atoms with van der Waals surface area (Å²) >= 11 is 1.44. The molecule has 0 aromatic heterocycles.